The fourth-order valence-corrected chi connectivity index (χ4v) is 2.14. The Hall–Kier alpha value is -2.24. The van der Waals surface area contributed by atoms with Crippen LogP contribution in [0.5, 0.6) is 11.5 Å². The minimum absolute atomic E-state index is 0.0559. The Morgan fingerprint density at radius 1 is 1.29 bits per heavy atom. The van der Waals surface area contributed by atoms with Gasteiger partial charge in [-0.25, -0.2) is 0 Å². The zero-order valence-corrected chi connectivity index (χ0v) is 12.5. The molecule has 21 heavy (non-hydrogen) atoms. The number of nitrogens with one attached hydrogen (secondary N) is 1. The van der Waals surface area contributed by atoms with Gasteiger partial charge in [0.05, 0.1) is 19.9 Å². The highest BCUT2D eigenvalue weighted by atomic mass is 16.5. The summed E-state index contributed by atoms with van der Waals surface area (Å²) in [5.41, 5.74) is 0.529. The molecule has 1 aromatic rings. The van der Waals surface area contributed by atoms with Crippen LogP contribution < -0.4 is 14.8 Å². The molecule has 1 aliphatic rings. The van der Waals surface area contributed by atoms with E-state index in [-0.39, 0.29) is 24.4 Å². The maximum absolute atomic E-state index is 12.1. The molecule has 0 spiro atoms. The highest BCUT2D eigenvalue weighted by Gasteiger charge is 2.32. The molecule has 0 aromatic heterocycles. The molecule has 0 unspecified atom stereocenters. The van der Waals surface area contributed by atoms with Gasteiger partial charge in [0, 0.05) is 19.0 Å². The molecule has 114 valence electrons. The van der Waals surface area contributed by atoms with Crippen LogP contribution in [0.3, 0.4) is 0 Å². The Morgan fingerprint density at radius 2 is 2.00 bits per heavy atom. The van der Waals surface area contributed by atoms with Gasteiger partial charge in [-0.3, -0.25) is 9.59 Å². The van der Waals surface area contributed by atoms with E-state index in [0.29, 0.717) is 17.2 Å². The first-order chi connectivity index (χ1) is 10.0. The maximum Gasteiger partial charge on any atom is 0.244 e. The average Bonchev–Trinajstić information content (AvgIpc) is 3.28. The third kappa shape index (κ3) is 3.87. The van der Waals surface area contributed by atoms with Gasteiger partial charge in [0.2, 0.25) is 11.8 Å². The zero-order chi connectivity index (χ0) is 15.4. The molecule has 0 saturated heterocycles. The van der Waals surface area contributed by atoms with Crippen molar-refractivity contribution in [3.63, 3.8) is 0 Å². The molecule has 6 heteroatoms. The molecule has 1 saturated carbocycles. The van der Waals surface area contributed by atoms with Crippen molar-refractivity contribution in [1.29, 1.82) is 0 Å². The van der Waals surface area contributed by atoms with Gasteiger partial charge >= 0.3 is 0 Å². The molecule has 2 amide bonds. The van der Waals surface area contributed by atoms with Crippen LogP contribution >= 0.6 is 0 Å². The van der Waals surface area contributed by atoms with E-state index in [9.17, 15) is 9.59 Å². The van der Waals surface area contributed by atoms with Crippen molar-refractivity contribution in [2.24, 2.45) is 0 Å². The molecule has 0 heterocycles. The van der Waals surface area contributed by atoms with Crippen LogP contribution in [0, 0.1) is 0 Å². The first-order valence-corrected chi connectivity index (χ1v) is 6.84. The molecule has 1 N–H and O–H groups in total. The minimum Gasteiger partial charge on any atom is -0.497 e. The third-order valence-corrected chi connectivity index (χ3v) is 3.39. The van der Waals surface area contributed by atoms with Gasteiger partial charge in [0.1, 0.15) is 18.0 Å². The molecule has 0 atom stereocenters. The van der Waals surface area contributed by atoms with Crippen LogP contribution in [0.15, 0.2) is 18.2 Å². The lowest BCUT2D eigenvalue weighted by Crippen LogP contribution is -2.38. The van der Waals surface area contributed by atoms with Crippen LogP contribution in [0.4, 0.5) is 5.69 Å². The predicted octanol–water partition coefficient (Wildman–Crippen LogP) is 1.65. The fourth-order valence-electron chi connectivity index (χ4n) is 2.14. The van der Waals surface area contributed by atoms with E-state index in [2.05, 4.69) is 5.32 Å². The summed E-state index contributed by atoms with van der Waals surface area (Å²) < 4.78 is 10.3. The van der Waals surface area contributed by atoms with Crippen LogP contribution in [0.1, 0.15) is 19.8 Å². The largest absolute Gasteiger partial charge is 0.497 e. The molecule has 1 aliphatic carbocycles. The van der Waals surface area contributed by atoms with Crippen LogP contribution in [0.25, 0.3) is 0 Å². The maximum atomic E-state index is 12.1. The number of carbonyl (C=O) groups is 2. The Kier molecular flexibility index (Phi) is 4.67. The van der Waals surface area contributed by atoms with Crippen molar-refractivity contribution in [2.45, 2.75) is 25.8 Å². The minimum atomic E-state index is -0.247. The monoisotopic (exact) mass is 292 g/mol. The SMILES string of the molecule is COc1ccc(OC)c(NC(=O)CN(C(C)=O)C2CC2)c1. The quantitative estimate of drug-likeness (QED) is 0.865. The Bertz CT molecular complexity index is 540. The lowest BCUT2D eigenvalue weighted by atomic mass is 10.2. The number of anilines is 1. The fraction of sp³-hybridized carbons (Fsp3) is 0.467. The molecule has 1 aromatic carbocycles. The van der Waals surface area contributed by atoms with Crippen molar-refractivity contribution in [1.82, 2.24) is 4.90 Å². The van der Waals surface area contributed by atoms with E-state index in [1.807, 2.05) is 0 Å². The molecule has 0 bridgehead atoms. The van der Waals surface area contributed by atoms with E-state index in [0.717, 1.165) is 12.8 Å². The highest BCUT2D eigenvalue weighted by Crippen LogP contribution is 2.30. The molecule has 0 aliphatic heterocycles. The summed E-state index contributed by atoms with van der Waals surface area (Å²) in [4.78, 5) is 25.3. The van der Waals surface area contributed by atoms with Crippen LogP contribution in [-0.4, -0.2) is 43.5 Å². The number of amides is 2. The summed E-state index contributed by atoms with van der Waals surface area (Å²) in [6.07, 6.45) is 1.94. The summed E-state index contributed by atoms with van der Waals surface area (Å²) in [5.74, 6) is 0.843. The van der Waals surface area contributed by atoms with Crippen molar-refractivity contribution < 1.29 is 19.1 Å². The number of rotatable bonds is 6. The second-order valence-corrected chi connectivity index (χ2v) is 4.99. The second kappa shape index (κ2) is 6.47. The lowest BCUT2D eigenvalue weighted by Gasteiger charge is -2.20. The van der Waals surface area contributed by atoms with Crippen molar-refractivity contribution in [2.75, 3.05) is 26.1 Å². The number of methoxy groups -OCH3 is 2. The van der Waals surface area contributed by atoms with Gasteiger partial charge in [0.15, 0.2) is 0 Å². The molecular formula is C15H20N2O4. The lowest BCUT2D eigenvalue weighted by molar-refractivity contribution is -0.133. The van der Waals surface area contributed by atoms with E-state index >= 15 is 0 Å². The van der Waals surface area contributed by atoms with Crippen LogP contribution in [-0.2, 0) is 9.59 Å². The summed E-state index contributed by atoms with van der Waals surface area (Å²) in [6.45, 7) is 1.54. The van der Waals surface area contributed by atoms with E-state index in [4.69, 9.17) is 9.47 Å². The van der Waals surface area contributed by atoms with E-state index in [1.54, 1.807) is 30.2 Å². The average molecular weight is 292 g/mol. The van der Waals surface area contributed by atoms with Crippen molar-refractivity contribution >= 4 is 17.5 Å². The van der Waals surface area contributed by atoms with E-state index in [1.165, 1.54) is 14.0 Å². The summed E-state index contributed by atoms with van der Waals surface area (Å²) in [5, 5.41) is 2.77. The smallest absolute Gasteiger partial charge is 0.244 e. The molecule has 2 rings (SSSR count). The van der Waals surface area contributed by atoms with Crippen LogP contribution in [0.2, 0.25) is 0 Å². The Labute approximate surface area is 124 Å². The zero-order valence-electron chi connectivity index (χ0n) is 12.5. The van der Waals surface area contributed by atoms with E-state index < -0.39 is 0 Å². The first kappa shape index (κ1) is 15.2. The van der Waals surface area contributed by atoms with Gasteiger partial charge in [-0.15, -0.1) is 0 Å². The molecule has 6 nitrogen and oxygen atoms in total. The number of nitrogens with zero attached hydrogens (tertiary/aromatic N) is 1. The summed E-state index contributed by atoms with van der Waals surface area (Å²) in [7, 11) is 3.08. The van der Waals surface area contributed by atoms with Gasteiger partial charge < -0.3 is 19.7 Å². The summed E-state index contributed by atoms with van der Waals surface area (Å²) >= 11 is 0. The second-order valence-electron chi connectivity index (χ2n) is 4.99. The Balaban J connectivity index is 2.06. The number of hydrogen-bond donors (Lipinski definition) is 1. The standard InChI is InChI=1S/C15H20N2O4/c1-10(18)17(11-4-5-11)9-15(19)16-13-8-12(20-2)6-7-14(13)21-3/h6-8,11H,4-5,9H2,1-3H3,(H,16,19). The normalized spacial score (nSPS) is 13.5. The third-order valence-electron chi connectivity index (χ3n) is 3.39. The van der Waals surface area contributed by atoms with Gasteiger partial charge in [-0.1, -0.05) is 0 Å². The molecule has 0 radical (unpaired) electrons. The van der Waals surface area contributed by atoms with Crippen molar-refractivity contribution in [3.8, 4) is 11.5 Å². The predicted molar refractivity (Wildman–Crippen MR) is 78.6 cm³/mol. The van der Waals surface area contributed by atoms with Crippen molar-refractivity contribution in [3.05, 3.63) is 18.2 Å². The Morgan fingerprint density at radius 3 is 2.52 bits per heavy atom. The topological polar surface area (TPSA) is 67.9 Å². The number of ether oxygens (including phenoxy) is 2. The number of carbonyl (C=O) groups excluding carboxylic acids is 2. The molecular weight excluding hydrogens is 272 g/mol. The number of benzene rings is 1. The summed E-state index contributed by atoms with van der Waals surface area (Å²) in [6, 6.07) is 5.37. The highest BCUT2D eigenvalue weighted by molar-refractivity contribution is 5.95. The number of hydrogen-bond acceptors (Lipinski definition) is 4. The molecule has 1 fully saturated rings. The first-order valence-electron chi connectivity index (χ1n) is 6.84. The van der Waals surface area contributed by atoms with Gasteiger partial charge in [-0.05, 0) is 25.0 Å². The van der Waals surface area contributed by atoms with Gasteiger partial charge in [-0.2, -0.15) is 0 Å². The van der Waals surface area contributed by atoms with Gasteiger partial charge in [0.25, 0.3) is 0 Å².